The fourth-order valence-corrected chi connectivity index (χ4v) is 5.63. The predicted octanol–water partition coefficient (Wildman–Crippen LogP) is 2.17. The number of aromatic nitrogens is 1. The zero-order valence-electron chi connectivity index (χ0n) is 12.8. The molecule has 4 rings (SSSR count). The highest BCUT2D eigenvalue weighted by molar-refractivity contribution is 8.08. The van der Waals surface area contributed by atoms with Crippen molar-refractivity contribution in [1.29, 1.82) is 0 Å². The number of thioether (sulfide) groups is 1. The number of nitrogens with zero attached hydrogens (tertiary/aromatic N) is 2. The van der Waals surface area contributed by atoms with E-state index in [0.717, 1.165) is 4.91 Å². The van der Waals surface area contributed by atoms with E-state index in [2.05, 4.69) is 5.16 Å². The molecule has 2 aliphatic heterocycles. The lowest BCUT2D eigenvalue weighted by Crippen LogP contribution is -2.31. The van der Waals surface area contributed by atoms with Crippen LogP contribution in [0.25, 0.3) is 10.6 Å². The molecule has 0 saturated heterocycles. The molecule has 0 radical (unpaired) electrons. The van der Waals surface area contributed by atoms with Gasteiger partial charge in [-0.25, -0.2) is 13.2 Å². The van der Waals surface area contributed by atoms with Gasteiger partial charge < -0.3 is 9.26 Å². The molecule has 0 N–H and O–H groups in total. The van der Waals surface area contributed by atoms with Crippen LogP contribution in [-0.4, -0.2) is 38.0 Å². The van der Waals surface area contributed by atoms with Crippen LogP contribution in [0.1, 0.15) is 27.4 Å². The van der Waals surface area contributed by atoms with Gasteiger partial charge in [-0.3, -0.25) is 4.31 Å². The van der Waals surface area contributed by atoms with E-state index in [1.54, 1.807) is 24.3 Å². The average molecular weight is 364 g/mol. The summed E-state index contributed by atoms with van der Waals surface area (Å²) in [4.78, 5) is 12.9. The lowest BCUT2D eigenvalue weighted by Gasteiger charge is -2.32. The minimum atomic E-state index is -3.69. The molecule has 1 aromatic carbocycles. The molecule has 0 saturated carbocycles. The van der Waals surface area contributed by atoms with E-state index >= 15 is 0 Å². The van der Waals surface area contributed by atoms with Crippen molar-refractivity contribution in [3.8, 4) is 0 Å². The monoisotopic (exact) mass is 364 g/mol. The smallest absolute Gasteiger partial charge is 0.360 e. The van der Waals surface area contributed by atoms with Gasteiger partial charge in [0.2, 0.25) is 0 Å². The van der Waals surface area contributed by atoms with Crippen molar-refractivity contribution in [2.24, 2.45) is 0 Å². The van der Waals surface area contributed by atoms with Crippen LogP contribution in [0.15, 0.2) is 33.7 Å². The first-order valence-corrected chi connectivity index (χ1v) is 9.42. The summed E-state index contributed by atoms with van der Waals surface area (Å²) in [5.41, 5.74) is 1.67. The Morgan fingerprint density at radius 3 is 2.88 bits per heavy atom. The summed E-state index contributed by atoms with van der Waals surface area (Å²) in [7, 11) is -0.962. The normalized spacial score (nSPS) is 17.8. The van der Waals surface area contributed by atoms with E-state index in [0.29, 0.717) is 28.3 Å². The topological polar surface area (TPSA) is 89.7 Å². The van der Waals surface area contributed by atoms with Crippen LogP contribution in [0.4, 0.5) is 0 Å². The van der Waals surface area contributed by atoms with Gasteiger partial charge in [0, 0.05) is 28.8 Å². The van der Waals surface area contributed by atoms with Crippen molar-refractivity contribution in [3.05, 3.63) is 46.8 Å². The fraction of sp³-hybridized carbons (Fsp3) is 0.200. The molecule has 0 unspecified atom stereocenters. The number of fused-ring (bicyclic) bond motifs is 4. The molecule has 0 aliphatic carbocycles. The average Bonchev–Trinajstić information content (AvgIpc) is 3.03. The van der Waals surface area contributed by atoms with Gasteiger partial charge in [0.05, 0.1) is 12.0 Å². The third-order valence-electron chi connectivity index (χ3n) is 4.04. The Hall–Kier alpha value is -2.26. The minimum Gasteiger partial charge on any atom is -0.464 e. The molecule has 0 fully saturated rings. The second-order valence-corrected chi connectivity index (χ2v) is 8.19. The highest BCUT2D eigenvalue weighted by Gasteiger charge is 2.41. The molecule has 2 aliphatic rings. The number of benzene rings is 1. The number of ether oxygens (including phenoxy) is 1. The standard InChI is InChI=1S/C15H12N2O5S2/c1-17-12-13-9(11(16-22-13)15(18)21-2)7-23-14(12)8-5-3-4-6-10(8)24(17,19)20/h3-6H,7H2,1-2H3. The van der Waals surface area contributed by atoms with Gasteiger partial charge >= 0.3 is 5.97 Å². The van der Waals surface area contributed by atoms with Gasteiger partial charge in [-0.2, -0.15) is 0 Å². The number of hydrogen-bond acceptors (Lipinski definition) is 7. The van der Waals surface area contributed by atoms with Crippen LogP contribution >= 0.6 is 11.8 Å². The maximum atomic E-state index is 12.8. The molecule has 24 heavy (non-hydrogen) atoms. The van der Waals surface area contributed by atoms with Gasteiger partial charge in [0.25, 0.3) is 10.0 Å². The summed E-state index contributed by atoms with van der Waals surface area (Å²) in [5, 5.41) is 3.78. The Morgan fingerprint density at radius 2 is 2.12 bits per heavy atom. The molecule has 0 amide bonds. The first-order valence-electron chi connectivity index (χ1n) is 6.99. The largest absolute Gasteiger partial charge is 0.464 e. The molecule has 1 aromatic heterocycles. The lowest BCUT2D eigenvalue weighted by atomic mass is 10.1. The quantitative estimate of drug-likeness (QED) is 0.716. The van der Waals surface area contributed by atoms with E-state index < -0.39 is 16.0 Å². The predicted molar refractivity (Wildman–Crippen MR) is 87.3 cm³/mol. The molecular weight excluding hydrogens is 352 g/mol. The van der Waals surface area contributed by atoms with E-state index in [4.69, 9.17) is 9.26 Å². The minimum absolute atomic E-state index is 0.0798. The Bertz CT molecular complexity index is 1010. The second-order valence-electron chi connectivity index (χ2n) is 5.27. The zero-order chi connectivity index (χ0) is 17.1. The van der Waals surface area contributed by atoms with Crippen molar-refractivity contribution < 1.29 is 22.5 Å². The Labute approximate surface area is 142 Å². The summed E-state index contributed by atoms with van der Waals surface area (Å²) in [6.07, 6.45) is 0. The molecule has 0 bridgehead atoms. The van der Waals surface area contributed by atoms with Gasteiger partial charge in [0.1, 0.15) is 5.70 Å². The van der Waals surface area contributed by atoms with Crippen LogP contribution in [0, 0.1) is 0 Å². The number of rotatable bonds is 1. The molecule has 7 nitrogen and oxygen atoms in total. The molecule has 0 spiro atoms. The summed E-state index contributed by atoms with van der Waals surface area (Å²) in [5.74, 6) is 0.140. The third-order valence-corrected chi connectivity index (χ3v) is 6.99. The van der Waals surface area contributed by atoms with Crippen molar-refractivity contribution in [1.82, 2.24) is 9.46 Å². The molecule has 2 aromatic rings. The van der Waals surface area contributed by atoms with Crippen LogP contribution in [0.5, 0.6) is 0 Å². The second kappa shape index (κ2) is 5.12. The van der Waals surface area contributed by atoms with Gasteiger partial charge in [-0.15, -0.1) is 11.8 Å². The lowest BCUT2D eigenvalue weighted by molar-refractivity contribution is 0.0588. The van der Waals surface area contributed by atoms with Crippen LogP contribution < -0.4 is 0 Å². The number of hydrogen-bond donors (Lipinski definition) is 0. The Balaban J connectivity index is 2.00. The SMILES string of the molecule is COC(=O)c1noc2c1CSC1=C2N(C)S(=O)(=O)c2ccccc21. The highest BCUT2D eigenvalue weighted by Crippen LogP contribution is 2.50. The first-order chi connectivity index (χ1) is 11.5. The summed E-state index contributed by atoms with van der Waals surface area (Å²) in [6, 6.07) is 6.84. The van der Waals surface area contributed by atoms with E-state index in [9.17, 15) is 13.2 Å². The van der Waals surface area contributed by atoms with Gasteiger partial charge in [0.15, 0.2) is 11.5 Å². The third kappa shape index (κ3) is 1.88. The van der Waals surface area contributed by atoms with Crippen molar-refractivity contribution >= 4 is 38.4 Å². The van der Waals surface area contributed by atoms with Crippen molar-refractivity contribution in [2.45, 2.75) is 10.6 Å². The molecule has 124 valence electrons. The maximum Gasteiger partial charge on any atom is 0.360 e. The Morgan fingerprint density at radius 1 is 1.38 bits per heavy atom. The van der Waals surface area contributed by atoms with Crippen LogP contribution in [0.3, 0.4) is 0 Å². The first kappa shape index (κ1) is 15.3. The maximum absolute atomic E-state index is 12.8. The summed E-state index contributed by atoms with van der Waals surface area (Å²) in [6.45, 7) is 0. The zero-order valence-corrected chi connectivity index (χ0v) is 14.4. The summed E-state index contributed by atoms with van der Waals surface area (Å²) >= 11 is 1.45. The van der Waals surface area contributed by atoms with E-state index in [1.807, 2.05) is 0 Å². The molecule has 0 atom stereocenters. The van der Waals surface area contributed by atoms with E-state index in [-0.39, 0.29) is 10.6 Å². The highest BCUT2D eigenvalue weighted by atomic mass is 32.2. The van der Waals surface area contributed by atoms with Gasteiger partial charge in [-0.05, 0) is 6.07 Å². The van der Waals surface area contributed by atoms with Crippen molar-refractivity contribution in [3.63, 3.8) is 0 Å². The molecule has 3 heterocycles. The Kier molecular flexibility index (Phi) is 3.26. The number of carbonyl (C=O) groups is 1. The molecular formula is C15H12N2O5S2. The van der Waals surface area contributed by atoms with E-state index in [1.165, 1.54) is 30.2 Å². The van der Waals surface area contributed by atoms with Crippen LogP contribution in [-0.2, 0) is 20.5 Å². The van der Waals surface area contributed by atoms with Gasteiger partial charge in [-0.1, -0.05) is 23.4 Å². The fourth-order valence-electron chi connectivity index (χ4n) is 2.84. The number of carbonyl (C=O) groups excluding carboxylic acids is 1. The van der Waals surface area contributed by atoms with Crippen LogP contribution in [0.2, 0.25) is 0 Å². The molecule has 9 heteroatoms. The van der Waals surface area contributed by atoms with Crippen molar-refractivity contribution in [2.75, 3.05) is 14.2 Å². The summed E-state index contributed by atoms with van der Waals surface area (Å²) < 4.78 is 36.8. The number of esters is 1. The number of methoxy groups -OCH3 is 1. The number of sulfonamides is 1.